The van der Waals surface area contributed by atoms with Gasteiger partial charge in [-0.2, -0.15) is 0 Å². The van der Waals surface area contributed by atoms with Crippen LogP contribution in [-0.4, -0.2) is 35.6 Å². The number of benzene rings is 1. The number of hydrogen-bond donors (Lipinski definition) is 2. The molecule has 0 unspecified atom stereocenters. The van der Waals surface area contributed by atoms with Crippen molar-refractivity contribution >= 4 is 27.4 Å². The molecule has 2 N–H and O–H groups in total. The van der Waals surface area contributed by atoms with Gasteiger partial charge in [0.25, 0.3) is 0 Å². The third-order valence-electron chi connectivity index (χ3n) is 5.27. The highest BCUT2D eigenvalue weighted by Crippen LogP contribution is 2.36. The van der Waals surface area contributed by atoms with E-state index in [1.165, 1.54) is 54.6 Å². The SMILES string of the molecule is CC[NH+]1CCC(Nc2ncnc3scc(-c4ccc(C)cc4)c23)CC1. The van der Waals surface area contributed by atoms with Gasteiger partial charge in [0.05, 0.1) is 25.0 Å². The zero-order chi connectivity index (χ0) is 17.2. The molecule has 4 nitrogen and oxygen atoms in total. The molecule has 2 aromatic heterocycles. The van der Waals surface area contributed by atoms with Crippen molar-refractivity contribution in [1.82, 2.24) is 9.97 Å². The van der Waals surface area contributed by atoms with Crippen LogP contribution < -0.4 is 10.2 Å². The molecule has 1 aliphatic rings. The van der Waals surface area contributed by atoms with E-state index in [1.54, 1.807) is 22.6 Å². The number of rotatable bonds is 4. The summed E-state index contributed by atoms with van der Waals surface area (Å²) in [6, 6.07) is 9.23. The van der Waals surface area contributed by atoms with Crippen molar-refractivity contribution in [3.63, 3.8) is 0 Å². The van der Waals surface area contributed by atoms with Crippen LogP contribution in [0, 0.1) is 6.92 Å². The molecule has 0 amide bonds. The summed E-state index contributed by atoms with van der Waals surface area (Å²) in [5.74, 6) is 0.992. The van der Waals surface area contributed by atoms with E-state index < -0.39 is 0 Å². The van der Waals surface area contributed by atoms with Gasteiger partial charge in [0.1, 0.15) is 17.0 Å². The second-order valence-corrected chi connectivity index (χ2v) is 7.80. The molecule has 0 bridgehead atoms. The highest BCUT2D eigenvalue weighted by molar-refractivity contribution is 7.17. The van der Waals surface area contributed by atoms with Crippen LogP contribution in [0.3, 0.4) is 0 Å². The van der Waals surface area contributed by atoms with Crippen molar-refractivity contribution in [2.75, 3.05) is 25.0 Å². The average molecular weight is 354 g/mol. The Morgan fingerprint density at radius 1 is 1.16 bits per heavy atom. The highest BCUT2D eigenvalue weighted by atomic mass is 32.1. The number of aromatic nitrogens is 2. The molecule has 1 fully saturated rings. The van der Waals surface area contributed by atoms with Crippen LogP contribution in [0.25, 0.3) is 21.3 Å². The average Bonchev–Trinajstić information content (AvgIpc) is 3.08. The molecular formula is C20H25N4S+. The molecular weight excluding hydrogens is 328 g/mol. The molecule has 0 atom stereocenters. The van der Waals surface area contributed by atoms with E-state index in [2.05, 4.69) is 58.8 Å². The molecule has 1 aromatic carbocycles. The van der Waals surface area contributed by atoms with Gasteiger partial charge in [-0.15, -0.1) is 11.3 Å². The van der Waals surface area contributed by atoms with Gasteiger partial charge in [-0.1, -0.05) is 29.8 Å². The lowest BCUT2D eigenvalue weighted by molar-refractivity contribution is -0.903. The van der Waals surface area contributed by atoms with Crippen molar-refractivity contribution in [1.29, 1.82) is 0 Å². The van der Waals surface area contributed by atoms with E-state index in [9.17, 15) is 0 Å². The Kier molecular flexibility index (Phi) is 4.68. The minimum atomic E-state index is 0.513. The number of hydrogen-bond acceptors (Lipinski definition) is 4. The topological polar surface area (TPSA) is 42.2 Å². The molecule has 5 heteroatoms. The first kappa shape index (κ1) is 16.5. The lowest BCUT2D eigenvalue weighted by atomic mass is 10.0. The van der Waals surface area contributed by atoms with Gasteiger partial charge in [-0.25, -0.2) is 9.97 Å². The summed E-state index contributed by atoms with van der Waals surface area (Å²) < 4.78 is 0. The lowest BCUT2D eigenvalue weighted by Crippen LogP contribution is -3.13. The Morgan fingerprint density at radius 2 is 1.92 bits per heavy atom. The first-order valence-electron chi connectivity index (χ1n) is 9.14. The molecule has 1 aliphatic heterocycles. The third kappa shape index (κ3) is 3.39. The van der Waals surface area contributed by atoms with Crippen LogP contribution in [0.2, 0.25) is 0 Å². The van der Waals surface area contributed by atoms with Crippen molar-refractivity contribution < 1.29 is 4.90 Å². The van der Waals surface area contributed by atoms with Crippen LogP contribution in [0.4, 0.5) is 5.82 Å². The zero-order valence-electron chi connectivity index (χ0n) is 14.9. The summed E-state index contributed by atoms with van der Waals surface area (Å²) in [5, 5.41) is 7.09. The van der Waals surface area contributed by atoms with E-state index in [1.807, 2.05) is 0 Å². The Hall–Kier alpha value is -1.98. The van der Waals surface area contributed by atoms with Crippen LogP contribution in [0.15, 0.2) is 36.0 Å². The molecule has 3 aromatic rings. The van der Waals surface area contributed by atoms with E-state index in [0.29, 0.717) is 6.04 Å². The van der Waals surface area contributed by atoms with Crippen molar-refractivity contribution in [2.45, 2.75) is 32.7 Å². The number of piperidine rings is 1. The Balaban J connectivity index is 1.65. The number of anilines is 1. The molecule has 1 saturated heterocycles. The fourth-order valence-electron chi connectivity index (χ4n) is 3.65. The monoisotopic (exact) mass is 353 g/mol. The van der Waals surface area contributed by atoms with Gasteiger partial charge in [0.2, 0.25) is 0 Å². The smallest absolute Gasteiger partial charge is 0.139 e. The highest BCUT2D eigenvalue weighted by Gasteiger charge is 2.22. The summed E-state index contributed by atoms with van der Waals surface area (Å²) in [6.45, 7) is 8.12. The maximum atomic E-state index is 4.59. The standard InChI is InChI=1S/C20H24N4S/c1-3-24-10-8-16(9-11-24)23-19-18-17(12-25-20(18)22-13-21-19)15-6-4-14(2)5-7-15/h4-7,12-13,16H,3,8-11H2,1-2H3,(H,21,22,23)/p+1. The summed E-state index contributed by atoms with van der Waals surface area (Å²) in [5.41, 5.74) is 3.75. The summed E-state index contributed by atoms with van der Waals surface area (Å²) in [6.07, 6.45) is 4.10. The van der Waals surface area contributed by atoms with Gasteiger partial charge in [0, 0.05) is 29.8 Å². The van der Waals surface area contributed by atoms with Crippen LogP contribution in [0.1, 0.15) is 25.3 Å². The number of aryl methyl sites for hydroxylation is 1. The first-order valence-corrected chi connectivity index (χ1v) is 10.0. The summed E-state index contributed by atoms with van der Waals surface area (Å²) in [7, 11) is 0. The summed E-state index contributed by atoms with van der Waals surface area (Å²) >= 11 is 1.70. The second-order valence-electron chi connectivity index (χ2n) is 6.94. The second kappa shape index (κ2) is 7.10. The Morgan fingerprint density at radius 3 is 2.64 bits per heavy atom. The Labute approximate surface area is 152 Å². The predicted molar refractivity (Wildman–Crippen MR) is 105 cm³/mol. The van der Waals surface area contributed by atoms with Crippen molar-refractivity contribution in [2.24, 2.45) is 0 Å². The van der Waals surface area contributed by atoms with E-state index in [-0.39, 0.29) is 0 Å². The largest absolute Gasteiger partial charge is 0.366 e. The molecule has 25 heavy (non-hydrogen) atoms. The van der Waals surface area contributed by atoms with Crippen LogP contribution >= 0.6 is 11.3 Å². The molecule has 0 saturated carbocycles. The zero-order valence-corrected chi connectivity index (χ0v) is 15.7. The molecule has 0 aliphatic carbocycles. The first-order chi connectivity index (χ1) is 12.2. The lowest BCUT2D eigenvalue weighted by Gasteiger charge is -2.29. The minimum Gasteiger partial charge on any atom is -0.366 e. The van der Waals surface area contributed by atoms with Gasteiger partial charge in [0.15, 0.2) is 0 Å². The van der Waals surface area contributed by atoms with Gasteiger partial charge in [-0.05, 0) is 19.4 Å². The maximum absolute atomic E-state index is 4.59. The number of nitrogens with one attached hydrogen (secondary N) is 2. The molecule has 3 heterocycles. The predicted octanol–water partition coefficient (Wildman–Crippen LogP) is 3.15. The number of thiophene rings is 1. The van der Waals surface area contributed by atoms with Crippen LogP contribution in [-0.2, 0) is 0 Å². The number of quaternary nitrogens is 1. The number of nitrogens with zero attached hydrogens (tertiary/aromatic N) is 2. The Bertz CT molecular complexity index is 848. The van der Waals surface area contributed by atoms with E-state index >= 15 is 0 Å². The third-order valence-corrected chi connectivity index (χ3v) is 6.15. The fourth-order valence-corrected chi connectivity index (χ4v) is 4.56. The van der Waals surface area contributed by atoms with Crippen molar-refractivity contribution in [3.05, 3.63) is 41.5 Å². The molecule has 130 valence electrons. The number of fused-ring (bicyclic) bond motifs is 1. The van der Waals surface area contributed by atoms with Gasteiger partial charge < -0.3 is 10.2 Å². The van der Waals surface area contributed by atoms with Gasteiger partial charge in [-0.3, -0.25) is 0 Å². The summed E-state index contributed by atoms with van der Waals surface area (Å²) in [4.78, 5) is 11.9. The minimum absolute atomic E-state index is 0.513. The van der Waals surface area contributed by atoms with E-state index in [4.69, 9.17) is 0 Å². The van der Waals surface area contributed by atoms with Crippen LogP contribution in [0.5, 0.6) is 0 Å². The van der Waals surface area contributed by atoms with E-state index in [0.717, 1.165) is 10.6 Å². The molecule has 0 spiro atoms. The fraction of sp³-hybridized carbons (Fsp3) is 0.400. The maximum Gasteiger partial charge on any atom is 0.139 e. The quantitative estimate of drug-likeness (QED) is 0.757. The normalized spacial score (nSPS) is 20.7. The molecule has 0 radical (unpaired) electrons. The number of likely N-dealkylation sites (tertiary alicyclic amines) is 1. The molecule has 4 rings (SSSR count). The van der Waals surface area contributed by atoms with Crippen molar-refractivity contribution in [3.8, 4) is 11.1 Å². The van der Waals surface area contributed by atoms with Gasteiger partial charge >= 0.3 is 0 Å².